The van der Waals surface area contributed by atoms with Gasteiger partial charge >= 0.3 is 0 Å². The van der Waals surface area contributed by atoms with E-state index in [2.05, 4.69) is 20.7 Å². The summed E-state index contributed by atoms with van der Waals surface area (Å²) < 4.78 is 53.2. The van der Waals surface area contributed by atoms with Crippen molar-refractivity contribution in [2.45, 2.75) is 31.2 Å². The van der Waals surface area contributed by atoms with Crippen LogP contribution in [0.3, 0.4) is 0 Å². The van der Waals surface area contributed by atoms with Gasteiger partial charge in [-0.25, -0.2) is 21.9 Å². The predicted molar refractivity (Wildman–Crippen MR) is 74.7 cm³/mol. The number of sulfonamides is 1. The summed E-state index contributed by atoms with van der Waals surface area (Å²) >= 11 is 2.78. The maximum Gasteiger partial charge on any atom is 0.243 e. The van der Waals surface area contributed by atoms with E-state index in [-0.39, 0.29) is 10.4 Å². The second-order valence-corrected chi connectivity index (χ2v) is 7.03. The van der Waals surface area contributed by atoms with Crippen molar-refractivity contribution in [1.82, 2.24) is 4.72 Å². The van der Waals surface area contributed by atoms with Crippen LogP contribution in [0.15, 0.2) is 21.5 Å². The highest BCUT2D eigenvalue weighted by atomic mass is 79.9. The Morgan fingerprint density at radius 2 is 1.95 bits per heavy atom. The van der Waals surface area contributed by atoms with E-state index in [1.165, 1.54) is 0 Å². The predicted octanol–water partition coefficient (Wildman–Crippen LogP) is 2.41. The number of hydrogen-bond donors (Lipinski definition) is 2. The van der Waals surface area contributed by atoms with E-state index in [1.807, 2.05) is 6.92 Å². The number of aliphatic hydroxyl groups is 1. The molecule has 0 unspecified atom stereocenters. The minimum atomic E-state index is -4.24. The molecular formula is C12H16BrF2NO3S. The van der Waals surface area contributed by atoms with Crippen molar-refractivity contribution in [2.75, 3.05) is 6.61 Å². The molecule has 0 spiro atoms. The van der Waals surface area contributed by atoms with E-state index < -0.39 is 39.2 Å². The fraction of sp³-hybridized carbons (Fsp3) is 0.500. The molecule has 0 aliphatic rings. The quantitative estimate of drug-likeness (QED) is 0.754. The fourth-order valence-corrected chi connectivity index (χ4v) is 3.31. The van der Waals surface area contributed by atoms with Gasteiger partial charge in [-0.3, -0.25) is 0 Å². The van der Waals surface area contributed by atoms with Crippen LogP contribution in [0.1, 0.15) is 20.3 Å². The van der Waals surface area contributed by atoms with Gasteiger partial charge in [0, 0.05) is 6.04 Å². The summed E-state index contributed by atoms with van der Waals surface area (Å²) in [6.07, 6.45) is 0.630. The summed E-state index contributed by atoms with van der Waals surface area (Å²) in [4.78, 5) is -0.778. The average molecular weight is 372 g/mol. The van der Waals surface area contributed by atoms with Crippen molar-refractivity contribution in [3.8, 4) is 0 Å². The number of hydrogen-bond acceptors (Lipinski definition) is 3. The van der Waals surface area contributed by atoms with Gasteiger partial charge in [-0.1, -0.05) is 20.3 Å². The van der Waals surface area contributed by atoms with Crippen molar-refractivity contribution in [3.05, 3.63) is 28.2 Å². The molecule has 0 bridgehead atoms. The topological polar surface area (TPSA) is 66.4 Å². The molecule has 0 fully saturated rings. The molecule has 2 atom stereocenters. The average Bonchev–Trinajstić information content (AvgIpc) is 2.39. The first-order valence-corrected chi connectivity index (χ1v) is 8.28. The molecule has 0 aromatic heterocycles. The first-order chi connectivity index (χ1) is 9.22. The van der Waals surface area contributed by atoms with Gasteiger partial charge in [-0.05, 0) is 34.0 Å². The van der Waals surface area contributed by atoms with Crippen molar-refractivity contribution in [2.24, 2.45) is 5.92 Å². The summed E-state index contributed by atoms with van der Waals surface area (Å²) in [5.41, 5.74) is 0. The lowest BCUT2D eigenvalue weighted by atomic mass is 10.0. The van der Waals surface area contributed by atoms with Gasteiger partial charge in [0.1, 0.15) is 16.5 Å². The van der Waals surface area contributed by atoms with Crippen molar-refractivity contribution < 1.29 is 22.3 Å². The van der Waals surface area contributed by atoms with Gasteiger partial charge in [-0.15, -0.1) is 0 Å². The molecule has 0 heterocycles. The third-order valence-electron chi connectivity index (χ3n) is 3.10. The Morgan fingerprint density at radius 3 is 2.45 bits per heavy atom. The minimum absolute atomic E-state index is 0.141. The third kappa shape index (κ3) is 3.97. The fourth-order valence-electron chi connectivity index (χ4n) is 1.59. The van der Waals surface area contributed by atoms with E-state index in [0.29, 0.717) is 12.5 Å². The van der Waals surface area contributed by atoms with E-state index in [4.69, 9.17) is 0 Å². The lowest BCUT2D eigenvalue weighted by Crippen LogP contribution is -2.42. The molecule has 0 saturated heterocycles. The zero-order chi connectivity index (χ0) is 15.5. The molecular weight excluding hydrogens is 356 g/mol. The summed E-state index contributed by atoms with van der Waals surface area (Å²) in [5.74, 6) is -2.08. The molecule has 4 nitrogen and oxygen atoms in total. The van der Waals surface area contributed by atoms with Crippen LogP contribution < -0.4 is 4.72 Å². The van der Waals surface area contributed by atoms with E-state index >= 15 is 0 Å². The van der Waals surface area contributed by atoms with E-state index in [9.17, 15) is 22.3 Å². The van der Waals surface area contributed by atoms with Gasteiger partial charge in [0.2, 0.25) is 10.0 Å². The van der Waals surface area contributed by atoms with Crippen molar-refractivity contribution in [3.63, 3.8) is 0 Å². The summed E-state index contributed by atoms with van der Waals surface area (Å²) in [5, 5.41) is 9.20. The first kappa shape index (κ1) is 17.5. The van der Waals surface area contributed by atoms with E-state index in [1.54, 1.807) is 6.92 Å². The van der Waals surface area contributed by atoms with Gasteiger partial charge in [0.25, 0.3) is 0 Å². The Morgan fingerprint density at radius 1 is 1.35 bits per heavy atom. The Bertz CT molecular complexity index is 580. The van der Waals surface area contributed by atoms with Crippen LogP contribution in [0.4, 0.5) is 8.78 Å². The molecule has 8 heteroatoms. The molecule has 1 rings (SSSR count). The Balaban J connectivity index is 3.14. The molecule has 0 aliphatic heterocycles. The molecule has 2 N–H and O–H groups in total. The van der Waals surface area contributed by atoms with Crippen LogP contribution in [0.5, 0.6) is 0 Å². The highest BCUT2D eigenvalue weighted by Gasteiger charge is 2.26. The molecule has 1 aromatic rings. The Kier molecular flexibility index (Phi) is 6.06. The normalized spacial score (nSPS) is 15.1. The number of nitrogens with one attached hydrogen (secondary N) is 1. The van der Waals surface area contributed by atoms with Crippen LogP contribution in [-0.2, 0) is 10.0 Å². The molecule has 0 radical (unpaired) electrons. The number of halogens is 3. The van der Waals surface area contributed by atoms with Gasteiger partial charge < -0.3 is 5.11 Å². The molecule has 0 amide bonds. The summed E-state index contributed by atoms with van der Waals surface area (Å²) in [6.45, 7) is 3.16. The standard InChI is InChI=1S/C12H16BrF2NO3S/c1-3-7(2)11(6-17)16-20(18,19)12-5-9(14)8(13)4-10(12)15/h4-5,7,11,16-17H,3,6H2,1-2H3/t7-,11+/m0/s1. The Hall–Kier alpha value is -0.570. The summed E-state index contributed by atoms with van der Waals surface area (Å²) in [7, 11) is -4.24. The van der Waals surface area contributed by atoms with Crippen LogP contribution in [-0.4, -0.2) is 26.2 Å². The number of benzene rings is 1. The van der Waals surface area contributed by atoms with Crippen molar-refractivity contribution in [1.29, 1.82) is 0 Å². The highest BCUT2D eigenvalue weighted by Crippen LogP contribution is 2.23. The number of aliphatic hydroxyl groups excluding tert-OH is 1. The van der Waals surface area contributed by atoms with Crippen LogP contribution in [0.2, 0.25) is 0 Å². The van der Waals surface area contributed by atoms with E-state index in [0.717, 1.165) is 6.07 Å². The van der Waals surface area contributed by atoms with Gasteiger partial charge in [-0.2, -0.15) is 0 Å². The lowest BCUT2D eigenvalue weighted by Gasteiger charge is -2.22. The molecule has 0 aliphatic carbocycles. The highest BCUT2D eigenvalue weighted by molar-refractivity contribution is 9.10. The van der Waals surface area contributed by atoms with Crippen LogP contribution in [0, 0.1) is 17.6 Å². The molecule has 1 aromatic carbocycles. The van der Waals surface area contributed by atoms with Crippen LogP contribution >= 0.6 is 15.9 Å². The second-order valence-electron chi connectivity index (χ2n) is 4.49. The molecule has 20 heavy (non-hydrogen) atoms. The summed E-state index contributed by atoms with van der Waals surface area (Å²) in [6, 6.07) is 0.601. The molecule has 0 saturated carbocycles. The lowest BCUT2D eigenvalue weighted by molar-refractivity contribution is 0.219. The SMILES string of the molecule is CC[C@H](C)[C@@H](CO)NS(=O)(=O)c1cc(F)c(Br)cc1F. The van der Waals surface area contributed by atoms with Gasteiger partial charge in [0.05, 0.1) is 11.1 Å². The zero-order valence-electron chi connectivity index (χ0n) is 11.0. The second kappa shape index (κ2) is 6.93. The maximum atomic E-state index is 13.7. The van der Waals surface area contributed by atoms with Crippen LogP contribution in [0.25, 0.3) is 0 Å². The smallest absolute Gasteiger partial charge is 0.243 e. The monoisotopic (exact) mass is 371 g/mol. The largest absolute Gasteiger partial charge is 0.395 e. The minimum Gasteiger partial charge on any atom is -0.395 e. The zero-order valence-corrected chi connectivity index (χ0v) is 13.4. The molecule has 114 valence electrons. The Labute approximate surface area is 125 Å². The number of rotatable bonds is 6. The third-order valence-corrected chi connectivity index (χ3v) is 5.21. The maximum absolute atomic E-state index is 13.7. The van der Waals surface area contributed by atoms with Crippen molar-refractivity contribution >= 4 is 26.0 Å². The van der Waals surface area contributed by atoms with Gasteiger partial charge in [0.15, 0.2) is 0 Å². The first-order valence-electron chi connectivity index (χ1n) is 6.00.